The lowest BCUT2D eigenvalue weighted by Gasteiger charge is -2.06. The lowest BCUT2D eigenvalue weighted by Crippen LogP contribution is -2.05. The molecule has 0 aromatic heterocycles. The van der Waals surface area contributed by atoms with E-state index in [1.165, 1.54) is 19.1 Å². The fourth-order valence-electron chi connectivity index (χ4n) is 1.51. The fraction of sp³-hybridized carbons (Fsp3) is 0.250. The number of esters is 1. The molecule has 0 radical (unpaired) electrons. The summed E-state index contributed by atoms with van der Waals surface area (Å²) in [6.07, 6.45) is 0.149. The SMILES string of the molecule is C=C(COC(C)=O)Cc1cc([N+](=O)[O-])cc([N+](=O)[O-])c1. The van der Waals surface area contributed by atoms with Gasteiger partial charge in [0.1, 0.15) is 6.61 Å². The second-order valence-electron chi connectivity index (χ2n) is 4.08. The number of carbonyl (C=O) groups is 1. The molecule has 0 amide bonds. The van der Waals surface area contributed by atoms with Crippen LogP contribution in [0.2, 0.25) is 0 Å². The maximum atomic E-state index is 10.7. The lowest BCUT2D eigenvalue weighted by atomic mass is 10.1. The maximum absolute atomic E-state index is 10.7. The number of hydrogen-bond donors (Lipinski definition) is 0. The van der Waals surface area contributed by atoms with Crippen molar-refractivity contribution >= 4 is 17.3 Å². The van der Waals surface area contributed by atoms with Gasteiger partial charge in [-0.25, -0.2) is 0 Å². The number of rotatable bonds is 6. The molecule has 0 spiro atoms. The summed E-state index contributed by atoms with van der Waals surface area (Å²) in [5.41, 5.74) is 0.113. The molecule has 106 valence electrons. The average Bonchev–Trinajstić information content (AvgIpc) is 2.35. The molecule has 0 N–H and O–H groups in total. The number of nitro benzene ring substituents is 2. The van der Waals surface area contributed by atoms with Crippen molar-refractivity contribution in [3.63, 3.8) is 0 Å². The van der Waals surface area contributed by atoms with Gasteiger partial charge in [-0.1, -0.05) is 6.58 Å². The molecule has 8 nitrogen and oxygen atoms in total. The molecule has 8 heteroatoms. The Bertz CT molecular complexity index is 549. The number of non-ortho nitro benzene ring substituents is 2. The number of benzene rings is 1. The van der Waals surface area contributed by atoms with Crippen LogP contribution in [-0.2, 0) is 16.0 Å². The zero-order valence-electron chi connectivity index (χ0n) is 10.7. The van der Waals surface area contributed by atoms with Crippen molar-refractivity contribution in [3.8, 4) is 0 Å². The van der Waals surface area contributed by atoms with Gasteiger partial charge in [-0.05, 0) is 17.6 Å². The van der Waals surface area contributed by atoms with Gasteiger partial charge in [0, 0.05) is 19.1 Å². The van der Waals surface area contributed by atoms with E-state index in [0.717, 1.165) is 6.07 Å². The Labute approximate surface area is 114 Å². The minimum atomic E-state index is -0.703. The first-order valence-corrected chi connectivity index (χ1v) is 5.52. The number of nitrogens with zero attached hydrogens (tertiary/aromatic N) is 2. The molecule has 0 aliphatic heterocycles. The molecule has 0 unspecified atom stereocenters. The largest absolute Gasteiger partial charge is 0.461 e. The van der Waals surface area contributed by atoms with E-state index < -0.39 is 15.8 Å². The van der Waals surface area contributed by atoms with Crippen molar-refractivity contribution in [1.29, 1.82) is 0 Å². The quantitative estimate of drug-likeness (QED) is 0.341. The van der Waals surface area contributed by atoms with Crippen molar-refractivity contribution in [2.24, 2.45) is 0 Å². The second-order valence-corrected chi connectivity index (χ2v) is 4.08. The van der Waals surface area contributed by atoms with E-state index in [-0.39, 0.29) is 24.4 Å². The number of hydrogen-bond acceptors (Lipinski definition) is 6. The van der Waals surface area contributed by atoms with Crippen molar-refractivity contribution in [2.45, 2.75) is 13.3 Å². The molecule has 0 aliphatic carbocycles. The first-order valence-electron chi connectivity index (χ1n) is 5.52. The van der Waals surface area contributed by atoms with E-state index in [4.69, 9.17) is 4.74 Å². The molecule has 0 atom stereocenters. The van der Waals surface area contributed by atoms with E-state index in [0.29, 0.717) is 11.1 Å². The molecule has 0 saturated heterocycles. The normalized spacial score (nSPS) is 9.85. The van der Waals surface area contributed by atoms with Crippen molar-refractivity contribution in [1.82, 2.24) is 0 Å². The monoisotopic (exact) mass is 280 g/mol. The first-order chi connectivity index (χ1) is 9.29. The molecule has 1 aromatic carbocycles. The average molecular weight is 280 g/mol. The van der Waals surface area contributed by atoms with E-state index in [1.807, 2.05) is 0 Å². The Morgan fingerprint density at radius 2 is 1.70 bits per heavy atom. The maximum Gasteiger partial charge on any atom is 0.302 e. The third-order valence-corrected chi connectivity index (χ3v) is 2.32. The van der Waals surface area contributed by atoms with E-state index in [2.05, 4.69) is 6.58 Å². The Morgan fingerprint density at radius 1 is 1.20 bits per heavy atom. The van der Waals surface area contributed by atoms with Crippen molar-refractivity contribution in [3.05, 3.63) is 56.1 Å². The molecular weight excluding hydrogens is 268 g/mol. The van der Waals surface area contributed by atoms with Crippen LogP contribution < -0.4 is 0 Å². The summed E-state index contributed by atoms with van der Waals surface area (Å²) < 4.78 is 4.73. The van der Waals surface area contributed by atoms with Gasteiger partial charge in [0.05, 0.1) is 15.9 Å². The van der Waals surface area contributed by atoms with Crippen LogP contribution in [0, 0.1) is 20.2 Å². The minimum absolute atomic E-state index is 0.0359. The third-order valence-electron chi connectivity index (χ3n) is 2.32. The molecule has 0 aliphatic rings. The predicted octanol–water partition coefficient (Wildman–Crippen LogP) is 2.16. The van der Waals surface area contributed by atoms with E-state index in [9.17, 15) is 25.0 Å². The zero-order valence-corrected chi connectivity index (χ0v) is 10.7. The summed E-state index contributed by atoms with van der Waals surface area (Å²) >= 11 is 0. The minimum Gasteiger partial charge on any atom is -0.461 e. The van der Waals surface area contributed by atoms with Crippen LogP contribution in [0.1, 0.15) is 12.5 Å². The molecule has 0 fully saturated rings. The summed E-state index contributed by atoms with van der Waals surface area (Å²) in [7, 11) is 0. The second kappa shape index (κ2) is 6.41. The number of carbonyl (C=O) groups excluding carboxylic acids is 1. The van der Waals surface area contributed by atoms with Crippen LogP contribution in [0.5, 0.6) is 0 Å². The zero-order chi connectivity index (χ0) is 15.3. The topological polar surface area (TPSA) is 113 Å². The summed E-state index contributed by atoms with van der Waals surface area (Å²) in [6.45, 7) is 4.86. The van der Waals surface area contributed by atoms with Gasteiger partial charge in [-0.2, -0.15) is 0 Å². The van der Waals surface area contributed by atoms with E-state index >= 15 is 0 Å². The Hall–Kier alpha value is -2.77. The molecule has 20 heavy (non-hydrogen) atoms. The van der Waals surface area contributed by atoms with Gasteiger partial charge in [-0.15, -0.1) is 0 Å². The molecule has 1 rings (SSSR count). The first kappa shape index (κ1) is 15.3. The highest BCUT2D eigenvalue weighted by atomic mass is 16.6. The highest BCUT2D eigenvalue weighted by Gasteiger charge is 2.16. The Balaban J connectivity index is 2.94. The van der Waals surface area contributed by atoms with Crippen LogP contribution in [-0.4, -0.2) is 22.4 Å². The van der Waals surface area contributed by atoms with Crippen LogP contribution in [0.4, 0.5) is 11.4 Å². The van der Waals surface area contributed by atoms with Crippen molar-refractivity contribution in [2.75, 3.05) is 6.61 Å². The van der Waals surface area contributed by atoms with Crippen molar-refractivity contribution < 1.29 is 19.4 Å². The van der Waals surface area contributed by atoms with Crippen LogP contribution >= 0.6 is 0 Å². The molecule has 0 saturated carbocycles. The van der Waals surface area contributed by atoms with Crippen LogP contribution in [0.15, 0.2) is 30.4 Å². The molecule has 0 bridgehead atoms. The fourth-order valence-corrected chi connectivity index (χ4v) is 1.51. The number of nitro groups is 2. The Morgan fingerprint density at radius 3 is 2.10 bits per heavy atom. The van der Waals surface area contributed by atoms with Gasteiger partial charge in [0.25, 0.3) is 11.4 Å². The van der Waals surface area contributed by atoms with Gasteiger partial charge in [0.15, 0.2) is 0 Å². The van der Waals surface area contributed by atoms with Gasteiger partial charge in [-0.3, -0.25) is 25.0 Å². The van der Waals surface area contributed by atoms with Gasteiger partial charge >= 0.3 is 5.97 Å². The van der Waals surface area contributed by atoms with Gasteiger partial charge < -0.3 is 4.74 Å². The summed E-state index contributed by atoms with van der Waals surface area (Å²) in [5.74, 6) is -0.476. The van der Waals surface area contributed by atoms with E-state index in [1.54, 1.807) is 0 Å². The lowest BCUT2D eigenvalue weighted by molar-refractivity contribution is -0.394. The summed E-state index contributed by atoms with van der Waals surface area (Å²) in [5, 5.41) is 21.4. The summed E-state index contributed by atoms with van der Waals surface area (Å²) in [6, 6.07) is 3.34. The Kier molecular flexibility index (Phi) is 4.90. The number of ether oxygens (including phenoxy) is 1. The predicted molar refractivity (Wildman–Crippen MR) is 69.2 cm³/mol. The standard InChI is InChI=1S/C12H12N2O6/c1-8(7-20-9(2)15)3-10-4-11(13(16)17)6-12(5-10)14(18)19/h4-6H,1,3,7H2,2H3. The van der Waals surface area contributed by atoms with Gasteiger partial charge in [0.2, 0.25) is 0 Å². The highest BCUT2D eigenvalue weighted by molar-refractivity contribution is 5.66. The smallest absolute Gasteiger partial charge is 0.302 e. The van der Waals surface area contributed by atoms with Crippen LogP contribution in [0.3, 0.4) is 0 Å². The highest BCUT2D eigenvalue weighted by Crippen LogP contribution is 2.24. The molecular formula is C12H12N2O6. The third kappa shape index (κ3) is 4.48. The molecule has 1 aromatic rings. The van der Waals surface area contributed by atoms with Crippen LogP contribution in [0.25, 0.3) is 0 Å². The summed E-state index contributed by atoms with van der Waals surface area (Å²) in [4.78, 5) is 30.7. The molecule has 0 heterocycles.